The maximum absolute atomic E-state index is 12.0. The fourth-order valence-corrected chi connectivity index (χ4v) is 2.22. The third kappa shape index (κ3) is 4.81. The average molecular weight is 326 g/mol. The maximum Gasteiger partial charge on any atom is 0.269 e. The molecule has 2 aromatic rings. The number of nitrogens with one attached hydrogen (secondary N) is 1. The number of benzene rings is 1. The van der Waals surface area contributed by atoms with Gasteiger partial charge in [-0.3, -0.25) is 14.6 Å². The van der Waals surface area contributed by atoms with E-state index in [2.05, 4.69) is 39.5 Å². The molecule has 0 aliphatic carbocycles. The summed E-state index contributed by atoms with van der Waals surface area (Å²) in [5.41, 5.74) is 8.09. The summed E-state index contributed by atoms with van der Waals surface area (Å²) in [4.78, 5) is 28.9. The first-order valence-corrected chi connectivity index (χ1v) is 7.77. The van der Waals surface area contributed by atoms with Gasteiger partial charge in [0.05, 0.1) is 5.56 Å². The molecule has 1 aromatic heterocycles. The minimum absolute atomic E-state index is 0.256. The van der Waals surface area contributed by atoms with Gasteiger partial charge in [0.25, 0.3) is 5.91 Å². The van der Waals surface area contributed by atoms with Crippen molar-refractivity contribution in [1.29, 1.82) is 0 Å². The zero-order valence-corrected chi connectivity index (χ0v) is 14.0. The fraction of sp³-hybridized carbons (Fsp3) is 0.278. The standard InChI is InChI=1S/C18H22N4O2/c1-22(2)15-8-5-13(6-9-15)4-3-11-20-18(24)16-10-7-14(12-21-16)17(19)23/h5-10,12H,3-4,11H2,1-2H3,(H2,19,23)(H,20,24). The van der Waals surface area contributed by atoms with Gasteiger partial charge in [-0.15, -0.1) is 0 Å². The summed E-state index contributed by atoms with van der Waals surface area (Å²) in [5.74, 6) is -0.816. The SMILES string of the molecule is CN(C)c1ccc(CCCNC(=O)c2ccc(C(N)=O)cn2)cc1. The molecule has 0 saturated carbocycles. The zero-order valence-electron chi connectivity index (χ0n) is 14.0. The number of rotatable bonds is 7. The van der Waals surface area contributed by atoms with Gasteiger partial charge < -0.3 is 16.0 Å². The van der Waals surface area contributed by atoms with Crippen LogP contribution in [-0.2, 0) is 6.42 Å². The van der Waals surface area contributed by atoms with Crippen LogP contribution < -0.4 is 16.0 Å². The van der Waals surface area contributed by atoms with Crippen molar-refractivity contribution >= 4 is 17.5 Å². The van der Waals surface area contributed by atoms with Gasteiger partial charge in [-0.2, -0.15) is 0 Å². The number of aromatic nitrogens is 1. The minimum Gasteiger partial charge on any atom is -0.378 e. The van der Waals surface area contributed by atoms with E-state index in [0.29, 0.717) is 6.54 Å². The molecule has 24 heavy (non-hydrogen) atoms. The summed E-state index contributed by atoms with van der Waals surface area (Å²) in [6.45, 7) is 0.563. The summed E-state index contributed by atoms with van der Waals surface area (Å²) < 4.78 is 0. The highest BCUT2D eigenvalue weighted by atomic mass is 16.2. The van der Waals surface area contributed by atoms with Gasteiger partial charge in [-0.1, -0.05) is 12.1 Å². The molecule has 0 saturated heterocycles. The number of primary amides is 1. The Morgan fingerprint density at radius 1 is 1.12 bits per heavy atom. The van der Waals surface area contributed by atoms with Crippen molar-refractivity contribution < 1.29 is 9.59 Å². The van der Waals surface area contributed by atoms with Crippen LogP contribution in [0.2, 0.25) is 0 Å². The van der Waals surface area contributed by atoms with Crippen LogP contribution in [0, 0.1) is 0 Å². The second-order valence-electron chi connectivity index (χ2n) is 5.72. The molecule has 1 heterocycles. The van der Waals surface area contributed by atoms with Gasteiger partial charge in [0, 0.05) is 32.5 Å². The molecule has 2 amide bonds. The first kappa shape index (κ1) is 17.5. The number of pyridine rings is 1. The van der Waals surface area contributed by atoms with Crippen molar-refractivity contribution in [2.75, 3.05) is 25.5 Å². The average Bonchev–Trinajstić information content (AvgIpc) is 2.59. The van der Waals surface area contributed by atoms with Gasteiger partial charge in [0.15, 0.2) is 0 Å². The van der Waals surface area contributed by atoms with E-state index in [4.69, 9.17) is 5.73 Å². The Hall–Kier alpha value is -2.89. The second kappa shape index (κ2) is 8.10. The van der Waals surface area contributed by atoms with Gasteiger partial charge in [-0.05, 0) is 42.7 Å². The minimum atomic E-state index is -0.560. The molecule has 3 N–H and O–H groups in total. The molecular formula is C18H22N4O2. The number of carbonyl (C=O) groups is 2. The van der Waals surface area contributed by atoms with E-state index in [1.54, 1.807) is 0 Å². The van der Waals surface area contributed by atoms with Crippen molar-refractivity contribution in [2.45, 2.75) is 12.8 Å². The second-order valence-corrected chi connectivity index (χ2v) is 5.72. The number of amides is 2. The highest BCUT2D eigenvalue weighted by Gasteiger charge is 2.08. The Balaban J connectivity index is 1.77. The van der Waals surface area contributed by atoms with Crippen LogP contribution in [0.3, 0.4) is 0 Å². The lowest BCUT2D eigenvalue weighted by molar-refractivity contribution is 0.0945. The van der Waals surface area contributed by atoms with Gasteiger partial charge in [0.1, 0.15) is 5.69 Å². The number of hydrogen-bond acceptors (Lipinski definition) is 4. The Morgan fingerprint density at radius 2 is 1.83 bits per heavy atom. The summed E-state index contributed by atoms with van der Waals surface area (Å²) in [7, 11) is 4.02. The summed E-state index contributed by atoms with van der Waals surface area (Å²) in [6.07, 6.45) is 3.04. The monoisotopic (exact) mass is 326 g/mol. The molecular weight excluding hydrogens is 304 g/mol. The molecule has 0 atom stereocenters. The lowest BCUT2D eigenvalue weighted by Gasteiger charge is -2.12. The Kier molecular flexibility index (Phi) is 5.89. The highest BCUT2D eigenvalue weighted by molar-refractivity contribution is 5.95. The molecule has 0 spiro atoms. The smallest absolute Gasteiger partial charge is 0.269 e. The van der Waals surface area contributed by atoms with E-state index < -0.39 is 5.91 Å². The third-order valence-corrected chi connectivity index (χ3v) is 3.66. The number of nitrogens with zero attached hydrogens (tertiary/aromatic N) is 2. The lowest BCUT2D eigenvalue weighted by Crippen LogP contribution is -2.26. The van der Waals surface area contributed by atoms with Crippen molar-refractivity contribution in [3.05, 3.63) is 59.4 Å². The van der Waals surface area contributed by atoms with Crippen LogP contribution in [-0.4, -0.2) is 37.4 Å². The topological polar surface area (TPSA) is 88.3 Å². The van der Waals surface area contributed by atoms with E-state index in [9.17, 15) is 9.59 Å². The molecule has 0 unspecified atom stereocenters. The Morgan fingerprint density at radius 3 is 2.38 bits per heavy atom. The van der Waals surface area contributed by atoms with Crippen molar-refractivity contribution in [2.24, 2.45) is 5.73 Å². The molecule has 2 rings (SSSR count). The van der Waals surface area contributed by atoms with E-state index in [1.165, 1.54) is 23.9 Å². The van der Waals surface area contributed by atoms with E-state index in [1.807, 2.05) is 14.1 Å². The van der Waals surface area contributed by atoms with Crippen LogP contribution in [0.15, 0.2) is 42.6 Å². The quantitative estimate of drug-likeness (QED) is 0.757. The van der Waals surface area contributed by atoms with Gasteiger partial charge in [0.2, 0.25) is 5.91 Å². The zero-order chi connectivity index (χ0) is 17.5. The molecule has 1 aromatic carbocycles. The van der Waals surface area contributed by atoms with Crippen LogP contribution in [0.25, 0.3) is 0 Å². The predicted octanol–water partition coefficient (Wildman–Crippen LogP) is 1.61. The summed E-state index contributed by atoms with van der Waals surface area (Å²) >= 11 is 0. The molecule has 126 valence electrons. The van der Waals surface area contributed by atoms with Crippen LogP contribution in [0.1, 0.15) is 32.8 Å². The largest absolute Gasteiger partial charge is 0.378 e. The molecule has 0 aliphatic rings. The summed E-state index contributed by atoms with van der Waals surface area (Å²) in [6, 6.07) is 11.4. The number of carbonyl (C=O) groups excluding carboxylic acids is 2. The molecule has 6 nitrogen and oxygen atoms in total. The third-order valence-electron chi connectivity index (χ3n) is 3.66. The van der Waals surface area contributed by atoms with E-state index >= 15 is 0 Å². The van der Waals surface area contributed by atoms with E-state index in [0.717, 1.165) is 18.5 Å². The van der Waals surface area contributed by atoms with Crippen LogP contribution in [0.5, 0.6) is 0 Å². The first-order chi connectivity index (χ1) is 11.5. The lowest BCUT2D eigenvalue weighted by atomic mass is 10.1. The summed E-state index contributed by atoms with van der Waals surface area (Å²) in [5, 5.41) is 2.82. The Labute approximate surface area is 141 Å². The maximum atomic E-state index is 12.0. The van der Waals surface area contributed by atoms with Crippen molar-refractivity contribution in [1.82, 2.24) is 10.3 Å². The first-order valence-electron chi connectivity index (χ1n) is 7.77. The molecule has 0 fully saturated rings. The normalized spacial score (nSPS) is 10.2. The van der Waals surface area contributed by atoms with Crippen molar-refractivity contribution in [3.63, 3.8) is 0 Å². The highest BCUT2D eigenvalue weighted by Crippen LogP contribution is 2.13. The van der Waals surface area contributed by atoms with Crippen LogP contribution in [0.4, 0.5) is 5.69 Å². The number of aryl methyl sites for hydroxylation is 1. The predicted molar refractivity (Wildman–Crippen MR) is 94.2 cm³/mol. The molecule has 0 aliphatic heterocycles. The number of nitrogens with two attached hydrogens (primary N) is 1. The van der Waals surface area contributed by atoms with Crippen LogP contribution >= 0.6 is 0 Å². The van der Waals surface area contributed by atoms with Gasteiger partial charge in [-0.25, -0.2) is 0 Å². The number of hydrogen-bond donors (Lipinski definition) is 2. The fourth-order valence-electron chi connectivity index (χ4n) is 2.22. The Bertz CT molecular complexity index is 694. The van der Waals surface area contributed by atoms with Gasteiger partial charge >= 0.3 is 0 Å². The van der Waals surface area contributed by atoms with Crippen molar-refractivity contribution in [3.8, 4) is 0 Å². The van der Waals surface area contributed by atoms with E-state index in [-0.39, 0.29) is 17.2 Å². The molecule has 0 radical (unpaired) electrons. The number of anilines is 1. The molecule has 0 bridgehead atoms. The molecule has 6 heteroatoms.